The largest absolute Gasteiger partial charge is 0.489 e. The molecule has 0 N–H and O–H groups in total. The predicted molar refractivity (Wildman–Crippen MR) is 165 cm³/mol. The van der Waals surface area contributed by atoms with Crippen molar-refractivity contribution in [3.8, 4) is 35.2 Å². The molecule has 4 aromatic rings. The quantitative estimate of drug-likeness (QED) is 0.144. The van der Waals surface area contributed by atoms with Gasteiger partial charge in [0.25, 0.3) is 0 Å². The van der Waals surface area contributed by atoms with Crippen molar-refractivity contribution in [2.24, 2.45) is 0 Å². The van der Waals surface area contributed by atoms with Crippen LogP contribution in [0.25, 0.3) is 10.8 Å². The first kappa shape index (κ1) is 30.7. The van der Waals surface area contributed by atoms with E-state index in [0.29, 0.717) is 64.4 Å². The fraction of sp³-hybridized carbons (Fsp3) is 0.278. The van der Waals surface area contributed by atoms with Gasteiger partial charge in [-0.15, -0.1) is 0 Å². The topological polar surface area (TPSA) is 55.4 Å². The molecule has 0 aliphatic heterocycles. The zero-order valence-corrected chi connectivity index (χ0v) is 24.2. The van der Waals surface area contributed by atoms with Crippen LogP contribution in [0.1, 0.15) is 22.3 Å². The molecule has 0 bridgehead atoms. The second-order valence-electron chi connectivity index (χ2n) is 9.12. The van der Waals surface area contributed by atoms with Crippen LogP contribution < -0.4 is 9.47 Å². The molecular formula is C36H36O6. The molecule has 216 valence electrons. The fourth-order valence-corrected chi connectivity index (χ4v) is 4.07. The smallest absolute Gasteiger partial charge is 0.143 e. The molecule has 4 aromatic carbocycles. The van der Waals surface area contributed by atoms with E-state index >= 15 is 0 Å². The van der Waals surface area contributed by atoms with Crippen molar-refractivity contribution >= 4 is 10.8 Å². The minimum Gasteiger partial charge on any atom is -0.489 e. The van der Waals surface area contributed by atoms with E-state index in [2.05, 4.69) is 23.7 Å². The van der Waals surface area contributed by atoms with Crippen molar-refractivity contribution in [1.82, 2.24) is 0 Å². The Bertz CT molecular complexity index is 1390. The van der Waals surface area contributed by atoms with Crippen LogP contribution in [0.5, 0.6) is 11.5 Å². The molecule has 0 saturated heterocycles. The highest BCUT2D eigenvalue weighted by atomic mass is 16.5. The maximum Gasteiger partial charge on any atom is 0.143 e. The monoisotopic (exact) mass is 564 g/mol. The molecule has 0 saturated carbocycles. The molecule has 6 heteroatoms. The lowest BCUT2D eigenvalue weighted by atomic mass is 10.0. The fourth-order valence-electron chi connectivity index (χ4n) is 4.07. The Hall–Kier alpha value is -4.30. The van der Waals surface area contributed by atoms with Crippen molar-refractivity contribution < 1.29 is 28.4 Å². The average molecular weight is 565 g/mol. The van der Waals surface area contributed by atoms with E-state index in [0.717, 1.165) is 33.0 Å². The first-order valence-electron chi connectivity index (χ1n) is 13.9. The summed E-state index contributed by atoms with van der Waals surface area (Å²) in [5.41, 5.74) is 3.41. The van der Waals surface area contributed by atoms with Crippen LogP contribution in [0.15, 0.2) is 84.9 Å². The predicted octanol–water partition coefficient (Wildman–Crippen LogP) is 5.72. The number of rotatable bonds is 14. The highest BCUT2D eigenvalue weighted by Gasteiger charge is 2.15. The first-order valence-corrected chi connectivity index (χ1v) is 13.9. The van der Waals surface area contributed by atoms with Gasteiger partial charge in [-0.05, 0) is 48.5 Å². The Morgan fingerprint density at radius 1 is 0.429 bits per heavy atom. The Morgan fingerprint density at radius 2 is 0.833 bits per heavy atom. The standard InChI is InChI=1S/C36H36O6/c1-37-21-23-39-25-27-41-35-31(15-13-29-9-5-3-6-10-29)17-20-34-33(35)19-18-32(16-14-30-11-7-4-8-12-30)36(34)42-28-26-40-24-22-38-2/h3-12,17-20H,21-28H2,1-2H3. The van der Waals surface area contributed by atoms with Gasteiger partial charge in [-0.2, -0.15) is 0 Å². The van der Waals surface area contributed by atoms with Gasteiger partial charge < -0.3 is 28.4 Å². The summed E-state index contributed by atoms with van der Waals surface area (Å²) >= 11 is 0. The van der Waals surface area contributed by atoms with Crippen molar-refractivity contribution in [1.29, 1.82) is 0 Å². The van der Waals surface area contributed by atoms with E-state index in [9.17, 15) is 0 Å². The normalized spacial score (nSPS) is 10.4. The van der Waals surface area contributed by atoms with Crippen molar-refractivity contribution in [2.75, 3.05) is 67.1 Å². The van der Waals surface area contributed by atoms with E-state index in [-0.39, 0.29) is 0 Å². The van der Waals surface area contributed by atoms with Gasteiger partial charge in [0.1, 0.15) is 24.7 Å². The Kier molecular flexibility index (Phi) is 12.8. The summed E-state index contributed by atoms with van der Waals surface area (Å²) in [6.07, 6.45) is 0. The second kappa shape index (κ2) is 17.5. The maximum atomic E-state index is 6.31. The van der Waals surface area contributed by atoms with E-state index in [1.165, 1.54) is 0 Å². The van der Waals surface area contributed by atoms with Crippen LogP contribution >= 0.6 is 0 Å². The van der Waals surface area contributed by atoms with Crippen LogP contribution in [0, 0.1) is 23.7 Å². The second-order valence-corrected chi connectivity index (χ2v) is 9.12. The number of benzene rings is 4. The molecular weight excluding hydrogens is 528 g/mol. The number of hydrogen-bond donors (Lipinski definition) is 0. The summed E-state index contributed by atoms with van der Waals surface area (Å²) in [4.78, 5) is 0. The average Bonchev–Trinajstić information content (AvgIpc) is 3.03. The molecule has 0 amide bonds. The van der Waals surface area contributed by atoms with Crippen LogP contribution in [-0.2, 0) is 18.9 Å². The third-order valence-electron chi connectivity index (χ3n) is 6.14. The molecule has 4 rings (SSSR count). The molecule has 0 aliphatic rings. The highest BCUT2D eigenvalue weighted by molar-refractivity contribution is 5.96. The molecule has 0 unspecified atom stereocenters. The number of methoxy groups -OCH3 is 2. The molecule has 0 radical (unpaired) electrons. The van der Waals surface area contributed by atoms with Crippen LogP contribution in [0.4, 0.5) is 0 Å². The Morgan fingerprint density at radius 3 is 1.24 bits per heavy atom. The van der Waals surface area contributed by atoms with Gasteiger partial charge in [0, 0.05) is 36.1 Å². The summed E-state index contributed by atoms with van der Waals surface area (Å²) in [5.74, 6) is 14.4. The van der Waals surface area contributed by atoms with Gasteiger partial charge in [-0.1, -0.05) is 60.1 Å². The van der Waals surface area contributed by atoms with E-state index in [4.69, 9.17) is 28.4 Å². The van der Waals surface area contributed by atoms with Gasteiger partial charge in [-0.25, -0.2) is 0 Å². The molecule has 0 fully saturated rings. The third-order valence-corrected chi connectivity index (χ3v) is 6.14. The van der Waals surface area contributed by atoms with Gasteiger partial charge in [0.2, 0.25) is 0 Å². The van der Waals surface area contributed by atoms with Gasteiger partial charge in [0.05, 0.1) is 50.8 Å². The van der Waals surface area contributed by atoms with E-state index in [1.807, 2.05) is 84.9 Å². The lowest BCUT2D eigenvalue weighted by Crippen LogP contribution is -2.11. The number of fused-ring (bicyclic) bond motifs is 1. The molecule has 0 heterocycles. The Balaban J connectivity index is 1.70. The molecule has 0 aliphatic carbocycles. The zero-order chi connectivity index (χ0) is 29.2. The summed E-state index contributed by atoms with van der Waals surface area (Å²) in [7, 11) is 3.30. The van der Waals surface area contributed by atoms with Crippen molar-refractivity contribution in [3.63, 3.8) is 0 Å². The van der Waals surface area contributed by atoms with Gasteiger partial charge >= 0.3 is 0 Å². The zero-order valence-electron chi connectivity index (χ0n) is 24.2. The molecule has 0 aromatic heterocycles. The van der Waals surface area contributed by atoms with E-state index in [1.54, 1.807) is 14.2 Å². The Labute approximate surface area is 248 Å². The summed E-state index contributed by atoms with van der Waals surface area (Å²) in [6.45, 7) is 3.65. The minimum atomic E-state index is 0.363. The van der Waals surface area contributed by atoms with E-state index < -0.39 is 0 Å². The lowest BCUT2D eigenvalue weighted by molar-refractivity contribution is 0.0544. The molecule has 0 atom stereocenters. The van der Waals surface area contributed by atoms with Gasteiger partial charge in [-0.3, -0.25) is 0 Å². The van der Waals surface area contributed by atoms with Crippen LogP contribution in [0.3, 0.4) is 0 Å². The summed E-state index contributed by atoms with van der Waals surface area (Å²) in [6, 6.07) is 27.7. The maximum absolute atomic E-state index is 6.31. The molecule has 6 nitrogen and oxygen atoms in total. The van der Waals surface area contributed by atoms with Crippen molar-refractivity contribution in [3.05, 3.63) is 107 Å². The first-order chi connectivity index (χ1) is 20.8. The lowest BCUT2D eigenvalue weighted by Gasteiger charge is -2.16. The molecule has 42 heavy (non-hydrogen) atoms. The number of hydrogen-bond acceptors (Lipinski definition) is 6. The summed E-state index contributed by atoms with van der Waals surface area (Å²) in [5, 5.41) is 1.76. The van der Waals surface area contributed by atoms with Crippen molar-refractivity contribution in [2.45, 2.75) is 0 Å². The van der Waals surface area contributed by atoms with Crippen LogP contribution in [-0.4, -0.2) is 67.1 Å². The third kappa shape index (κ3) is 9.38. The highest BCUT2D eigenvalue weighted by Crippen LogP contribution is 2.37. The van der Waals surface area contributed by atoms with Gasteiger partial charge in [0.15, 0.2) is 0 Å². The summed E-state index contributed by atoms with van der Waals surface area (Å²) < 4.78 is 34.0. The van der Waals surface area contributed by atoms with Crippen LogP contribution in [0.2, 0.25) is 0 Å². The minimum absolute atomic E-state index is 0.363. The number of ether oxygens (including phenoxy) is 6. The molecule has 0 spiro atoms. The SMILES string of the molecule is COCCOCCOc1c(C#Cc2ccccc2)ccc2c(OCCOCCOC)c(C#Cc3ccccc3)ccc12.